The number of likely N-dealkylation sites (N-methyl/N-ethyl adjacent to an activating group) is 1. The quantitative estimate of drug-likeness (QED) is 0.742. The molecule has 0 atom stereocenters. The molecule has 2 N–H and O–H groups in total. The summed E-state index contributed by atoms with van der Waals surface area (Å²) in [5.41, 5.74) is 1.15. The summed E-state index contributed by atoms with van der Waals surface area (Å²) in [6.45, 7) is 1.40. The van der Waals surface area contributed by atoms with Crippen LogP contribution in [0.2, 0.25) is 0 Å². The van der Waals surface area contributed by atoms with E-state index in [1.807, 2.05) is 19.0 Å². The lowest BCUT2D eigenvalue weighted by atomic mass is 10.2. The first-order chi connectivity index (χ1) is 11.4. The van der Waals surface area contributed by atoms with Crippen molar-refractivity contribution in [1.29, 1.82) is 0 Å². The number of hydrogen-bond donors (Lipinski definition) is 2. The summed E-state index contributed by atoms with van der Waals surface area (Å²) in [6, 6.07) is 7.51. The number of hydrogen-bond acceptors (Lipinski definition) is 5. The maximum Gasteiger partial charge on any atom is 0.251 e. The molecule has 1 heterocycles. The fraction of sp³-hybridized carbons (Fsp3) is 0.312. The Balaban J connectivity index is 1.96. The summed E-state index contributed by atoms with van der Waals surface area (Å²) in [5, 5.41) is 2.78. The highest BCUT2D eigenvalue weighted by Crippen LogP contribution is 2.11. The molecule has 0 bridgehead atoms. The number of sulfonamides is 1. The normalized spacial score (nSPS) is 11.6. The van der Waals surface area contributed by atoms with Crippen molar-refractivity contribution in [1.82, 2.24) is 14.9 Å². The van der Waals surface area contributed by atoms with E-state index in [4.69, 9.17) is 4.42 Å². The van der Waals surface area contributed by atoms with Crippen LogP contribution in [0, 0.1) is 0 Å². The number of benzene rings is 1. The van der Waals surface area contributed by atoms with Crippen molar-refractivity contribution >= 4 is 15.9 Å². The molecule has 1 aromatic heterocycles. The number of rotatable bonds is 8. The van der Waals surface area contributed by atoms with Crippen LogP contribution in [-0.4, -0.2) is 46.4 Å². The molecule has 1 amide bonds. The molecule has 24 heavy (non-hydrogen) atoms. The van der Waals surface area contributed by atoms with Crippen molar-refractivity contribution in [2.45, 2.75) is 11.4 Å². The molecule has 0 aliphatic carbocycles. The van der Waals surface area contributed by atoms with E-state index >= 15 is 0 Å². The monoisotopic (exact) mass is 351 g/mol. The second kappa shape index (κ2) is 8.09. The van der Waals surface area contributed by atoms with Crippen LogP contribution in [-0.2, 0) is 16.6 Å². The van der Waals surface area contributed by atoms with Crippen molar-refractivity contribution in [3.8, 4) is 0 Å². The predicted octanol–water partition coefficient (Wildman–Crippen LogP) is 1.05. The van der Waals surface area contributed by atoms with E-state index in [1.165, 1.54) is 36.8 Å². The molecule has 8 heteroatoms. The Bertz CT molecular complexity index is 753. The number of carbonyl (C=O) groups is 1. The molecule has 0 aliphatic heterocycles. The van der Waals surface area contributed by atoms with Gasteiger partial charge in [-0.25, -0.2) is 13.1 Å². The molecule has 1 aromatic carbocycles. The largest absolute Gasteiger partial charge is 0.472 e. The van der Waals surface area contributed by atoms with E-state index in [0.29, 0.717) is 12.1 Å². The van der Waals surface area contributed by atoms with Crippen molar-refractivity contribution in [2.75, 3.05) is 27.2 Å². The minimum absolute atomic E-state index is 0.107. The predicted molar refractivity (Wildman–Crippen MR) is 90.1 cm³/mol. The third kappa shape index (κ3) is 5.19. The summed E-state index contributed by atoms with van der Waals surface area (Å²) < 4.78 is 31.8. The lowest BCUT2D eigenvalue weighted by molar-refractivity contribution is 0.0951. The first-order valence-electron chi connectivity index (χ1n) is 7.42. The Morgan fingerprint density at radius 2 is 1.88 bits per heavy atom. The Labute approximate surface area is 141 Å². The first kappa shape index (κ1) is 18.2. The Morgan fingerprint density at radius 1 is 1.17 bits per heavy atom. The Kier molecular flexibility index (Phi) is 6.13. The molecule has 2 rings (SSSR count). The number of amides is 1. The highest BCUT2D eigenvalue weighted by atomic mass is 32.2. The van der Waals surface area contributed by atoms with Gasteiger partial charge in [-0.05, 0) is 44.4 Å². The second-order valence-corrected chi connectivity index (χ2v) is 7.31. The molecule has 2 aromatic rings. The van der Waals surface area contributed by atoms with E-state index in [2.05, 4.69) is 10.0 Å². The smallest absolute Gasteiger partial charge is 0.251 e. The van der Waals surface area contributed by atoms with E-state index in [0.717, 1.165) is 12.1 Å². The molecular formula is C16H21N3O4S. The van der Waals surface area contributed by atoms with E-state index in [9.17, 15) is 13.2 Å². The van der Waals surface area contributed by atoms with Gasteiger partial charge in [0.2, 0.25) is 10.0 Å². The van der Waals surface area contributed by atoms with Gasteiger partial charge in [0.05, 0.1) is 17.4 Å². The number of nitrogens with zero attached hydrogens (tertiary/aromatic N) is 1. The van der Waals surface area contributed by atoms with Crippen LogP contribution in [0.1, 0.15) is 15.9 Å². The Hall–Kier alpha value is -2.16. The van der Waals surface area contributed by atoms with E-state index in [1.54, 1.807) is 6.07 Å². The summed E-state index contributed by atoms with van der Waals surface area (Å²) in [7, 11) is 0.201. The molecule has 0 saturated heterocycles. The maximum atomic E-state index is 12.2. The van der Waals surface area contributed by atoms with Gasteiger partial charge >= 0.3 is 0 Å². The van der Waals surface area contributed by atoms with Gasteiger partial charge in [-0.3, -0.25) is 4.79 Å². The minimum Gasteiger partial charge on any atom is -0.472 e. The lowest BCUT2D eigenvalue weighted by Crippen LogP contribution is -2.31. The maximum absolute atomic E-state index is 12.2. The van der Waals surface area contributed by atoms with Crippen molar-refractivity contribution in [3.05, 3.63) is 54.0 Å². The van der Waals surface area contributed by atoms with Crippen LogP contribution in [0.15, 0.2) is 52.2 Å². The molecule has 0 radical (unpaired) electrons. The SMILES string of the molecule is CN(C)CCNC(=O)c1ccc(S(=O)(=O)NCc2ccoc2)cc1. The second-order valence-electron chi connectivity index (χ2n) is 5.54. The van der Waals surface area contributed by atoms with Crippen LogP contribution in [0.4, 0.5) is 0 Å². The zero-order valence-electron chi connectivity index (χ0n) is 13.7. The summed E-state index contributed by atoms with van der Waals surface area (Å²) in [6.07, 6.45) is 2.96. The topological polar surface area (TPSA) is 91.7 Å². The van der Waals surface area contributed by atoms with Gasteiger partial charge in [0.25, 0.3) is 5.91 Å². The van der Waals surface area contributed by atoms with Crippen LogP contribution in [0.5, 0.6) is 0 Å². The fourth-order valence-electron chi connectivity index (χ4n) is 1.94. The molecule has 0 unspecified atom stereocenters. The number of nitrogens with one attached hydrogen (secondary N) is 2. The van der Waals surface area contributed by atoms with E-state index < -0.39 is 10.0 Å². The van der Waals surface area contributed by atoms with Crippen molar-refractivity contribution < 1.29 is 17.6 Å². The molecule has 0 fully saturated rings. The molecular weight excluding hydrogens is 330 g/mol. The third-order valence-electron chi connectivity index (χ3n) is 3.32. The summed E-state index contributed by atoms with van der Waals surface area (Å²) in [4.78, 5) is 14.0. The highest BCUT2D eigenvalue weighted by molar-refractivity contribution is 7.89. The van der Waals surface area contributed by atoms with Crippen LogP contribution in [0.3, 0.4) is 0 Å². The molecule has 130 valence electrons. The van der Waals surface area contributed by atoms with Crippen LogP contribution < -0.4 is 10.0 Å². The fourth-order valence-corrected chi connectivity index (χ4v) is 2.95. The van der Waals surface area contributed by atoms with Gasteiger partial charge in [0.1, 0.15) is 0 Å². The molecule has 0 saturated carbocycles. The van der Waals surface area contributed by atoms with Gasteiger partial charge in [-0.2, -0.15) is 0 Å². The van der Waals surface area contributed by atoms with Gasteiger partial charge in [-0.15, -0.1) is 0 Å². The zero-order valence-corrected chi connectivity index (χ0v) is 14.5. The van der Waals surface area contributed by atoms with Gasteiger partial charge in [-0.1, -0.05) is 0 Å². The first-order valence-corrected chi connectivity index (χ1v) is 8.90. The third-order valence-corrected chi connectivity index (χ3v) is 4.73. The van der Waals surface area contributed by atoms with E-state index in [-0.39, 0.29) is 17.3 Å². The molecule has 0 aliphatic rings. The standard InChI is InChI=1S/C16H21N3O4S/c1-19(2)9-8-17-16(20)14-3-5-15(6-4-14)24(21,22)18-11-13-7-10-23-12-13/h3-7,10,12,18H,8-9,11H2,1-2H3,(H,17,20). The van der Waals surface area contributed by atoms with Crippen molar-refractivity contribution in [3.63, 3.8) is 0 Å². The van der Waals surface area contributed by atoms with Crippen molar-refractivity contribution in [2.24, 2.45) is 0 Å². The molecule has 0 spiro atoms. The summed E-state index contributed by atoms with van der Waals surface area (Å²) >= 11 is 0. The molecule has 7 nitrogen and oxygen atoms in total. The zero-order chi connectivity index (χ0) is 17.6. The number of carbonyl (C=O) groups excluding carboxylic acids is 1. The van der Waals surface area contributed by atoms with Crippen LogP contribution >= 0.6 is 0 Å². The van der Waals surface area contributed by atoms with Gasteiger partial charge < -0.3 is 14.6 Å². The number of furan rings is 1. The summed E-state index contributed by atoms with van der Waals surface area (Å²) in [5.74, 6) is -0.229. The average molecular weight is 351 g/mol. The van der Waals surface area contributed by atoms with Crippen LogP contribution in [0.25, 0.3) is 0 Å². The van der Waals surface area contributed by atoms with Gasteiger partial charge in [0, 0.05) is 30.8 Å². The lowest BCUT2D eigenvalue weighted by Gasteiger charge is -2.11. The highest BCUT2D eigenvalue weighted by Gasteiger charge is 2.15. The van der Waals surface area contributed by atoms with Gasteiger partial charge in [0.15, 0.2) is 0 Å². The Morgan fingerprint density at radius 3 is 2.46 bits per heavy atom. The average Bonchev–Trinajstić information content (AvgIpc) is 3.06. The minimum atomic E-state index is -3.64.